The lowest BCUT2D eigenvalue weighted by molar-refractivity contribution is -0.146. The van der Waals surface area contributed by atoms with Crippen molar-refractivity contribution >= 4 is 11.5 Å². The van der Waals surface area contributed by atoms with Crippen LogP contribution in [0.25, 0.3) is 5.65 Å². The van der Waals surface area contributed by atoms with Crippen LogP contribution in [0, 0.1) is 0 Å². The van der Waals surface area contributed by atoms with Crippen molar-refractivity contribution in [3.8, 4) is 0 Å². The van der Waals surface area contributed by atoms with Crippen LogP contribution in [0.15, 0.2) is 30.6 Å². The van der Waals surface area contributed by atoms with Crippen molar-refractivity contribution in [3.63, 3.8) is 0 Å². The first-order chi connectivity index (χ1) is 10.5. The van der Waals surface area contributed by atoms with Gasteiger partial charge in [0.25, 0.3) is 5.82 Å². The third-order valence-corrected chi connectivity index (χ3v) is 2.95. The van der Waals surface area contributed by atoms with E-state index < -0.39 is 12.0 Å². The van der Waals surface area contributed by atoms with Crippen molar-refractivity contribution in [3.05, 3.63) is 36.4 Å². The number of alkyl halides is 3. The van der Waals surface area contributed by atoms with Crippen LogP contribution in [0.5, 0.6) is 0 Å². The second kappa shape index (κ2) is 5.62. The third-order valence-electron chi connectivity index (χ3n) is 2.95. The number of aryl methyl sites for hydroxylation is 1. The average Bonchev–Trinajstić information content (AvgIpc) is 3.11. The molecular formula is C12H12F3N7. The van der Waals surface area contributed by atoms with Crippen molar-refractivity contribution in [1.29, 1.82) is 0 Å². The molecule has 0 radical (unpaired) electrons. The maximum Gasteiger partial charge on any atom is 0.453 e. The number of fused-ring (bicyclic) bond motifs is 1. The second-order valence-corrected chi connectivity index (χ2v) is 4.56. The molecule has 0 unspecified atom stereocenters. The highest BCUT2D eigenvalue weighted by atomic mass is 19.4. The first-order valence-electron chi connectivity index (χ1n) is 6.55. The first kappa shape index (κ1) is 14.3. The van der Waals surface area contributed by atoms with Gasteiger partial charge in [-0.1, -0.05) is 0 Å². The highest BCUT2D eigenvalue weighted by Crippen LogP contribution is 2.27. The summed E-state index contributed by atoms with van der Waals surface area (Å²) in [7, 11) is 0. The molecule has 0 amide bonds. The predicted octanol–water partition coefficient (Wildman–Crippen LogP) is 1.84. The Labute approximate surface area is 122 Å². The smallest absolute Gasteiger partial charge is 0.369 e. The maximum atomic E-state index is 12.8. The molecule has 1 N–H and O–H groups in total. The minimum atomic E-state index is -4.59. The minimum absolute atomic E-state index is 0.0504. The zero-order valence-electron chi connectivity index (χ0n) is 11.3. The Balaban J connectivity index is 1.66. The van der Waals surface area contributed by atoms with Gasteiger partial charge in [-0.15, -0.1) is 15.3 Å². The standard InChI is InChI=1S/C12H12F3N7/c13-12(14,15)11-19-18-10-4-3-9(20-22(10)11)16-5-1-7-21-8-2-6-17-21/h2-4,6,8H,1,5,7H2,(H,16,20). The number of anilines is 1. The number of hydrogen-bond acceptors (Lipinski definition) is 5. The predicted molar refractivity (Wildman–Crippen MR) is 71.1 cm³/mol. The summed E-state index contributed by atoms with van der Waals surface area (Å²) < 4.78 is 40.7. The van der Waals surface area contributed by atoms with Crippen LogP contribution in [-0.2, 0) is 12.7 Å². The number of nitrogens with zero attached hydrogens (tertiary/aromatic N) is 6. The lowest BCUT2D eigenvalue weighted by Gasteiger charge is -2.07. The fraction of sp³-hybridized carbons (Fsp3) is 0.333. The van der Waals surface area contributed by atoms with Crippen molar-refractivity contribution in [1.82, 2.24) is 29.6 Å². The number of rotatable bonds is 5. The van der Waals surface area contributed by atoms with Gasteiger partial charge in [-0.3, -0.25) is 4.68 Å². The van der Waals surface area contributed by atoms with Gasteiger partial charge in [0.2, 0.25) is 0 Å². The van der Waals surface area contributed by atoms with E-state index in [0.29, 0.717) is 23.4 Å². The maximum absolute atomic E-state index is 12.8. The van der Waals surface area contributed by atoms with E-state index in [1.54, 1.807) is 16.9 Å². The molecule has 0 atom stereocenters. The van der Waals surface area contributed by atoms with Crippen LogP contribution in [0.2, 0.25) is 0 Å². The lowest BCUT2D eigenvalue weighted by Crippen LogP contribution is -2.14. The molecule has 0 aliphatic heterocycles. The van der Waals surface area contributed by atoms with Gasteiger partial charge >= 0.3 is 6.18 Å². The van der Waals surface area contributed by atoms with Gasteiger partial charge in [0, 0.05) is 25.5 Å². The van der Waals surface area contributed by atoms with Crippen LogP contribution in [0.4, 0.5) is 19.0 Å². The summed E-state index contributed by atoms with van der Waals surface area (Å²) in [6, 6.07) is 4.83. The molecule has 22 heavy (non-hydrogen) atoms. The van der Waals surface area contributed by atoms with Crippen LogP contribution in [-0.4, -0.2) is 36.1 Å². The first-order valence-corrected chi connectivity index (χ1v) is 6.55. The lowest BCUT2D eigenvalue weighted by atomic mass is 10.4. The number of hydrogen-bond donors (Lipinski definition) is 1. The van der Waals surface area contributed by atoms with Crippen molar-refractivity contribution in [2.45, 2.75) is 19.1 Å². The van der Waals surface area contributed by atoms with Gasteiger partial charge < -0.3 is 5.32 Å². The van der Waals surface area contributed by atoms with Gasteiger partial charge in [0.15, 0.2) is 5.65 Å². The Morgan fingerprint density at radius 2 is 2.05 bits per heavy atom. The molecule has 0 saturated carbocycles. The molecule has 10 heteroatoms. The highest BCUT2D eigenvalue weighted by Gasteiger charge is 2.37. The van der Waals surface area contributed by atoms with E-state index in [-0.39, 0.29) is 5.65 Å². The molecule has 3 aromatic rings. The fourth-order valence-electron chi connectivity index (χ4n) is 1.95. The summed E-state index contributed by atoms with van der Waals surface area (Å²) in [6.07, 6.45) is -0.300. The van der Waals surface area contributed by atoms with E-state index in [0.717, 1.165) is 6.42 Å². The van der Waals surface area contributed by atoms with Crippen molar-refractivity contribution in [2.24, 2.45) is 0 Å². The molecule has 0 saturated heterocycles. The normalized spacial score (nSPS) is 12.0. The van der Waals surface area contributed by atoms with Crippen LogP contribution < -0.4 is 5.32 Å². The Hall–Kier alpha value is -2.65. The zero-order chi connectivity index (χ0) is 15.6. The van der Waals surface area contributed by atoms with Crippen molar-refractivity contribution in [2.75, 3.05) is 11.9 Å². The molecule has 0 aliphatic rings. The van der Waals surface area contributed by atoms with E-state index in [1.807, 2.05) is 12.3 Å². The molecule has 116 valence electrons. The molecule has 3 rings (SSSR count). The summed E-state index contributed by atoms with van der Waals surface area (Å²) in [4.78, 5) is 0. The summed E-state index contributed by atoms with van der Waals surface area (Å²) in [5.41, 5.74) is 0.0504. The van der Waals surface area contributed by atoms with E-state index in [2.05, 4.69) is 25.7 Å². The molecule has 0 aliphatic carbocycles. The van der Waals surface area contributed by atoms with Crippen LogP contribution >= 0.6 is 0 Å². The number of aromatic nitrogens is 6. The molecule has 3 aromatic heterocycles. The summed E-state index contributed by atoms with van der Waals surface area (Å²) in [5.74, 6) is -0.805. The highest BCUT2D eigenvalue weighted by molar-refractivity contribution is 5.44. The van der Waals surface area contributed by atoms with Gasteiger partial charge in [0.05, 0.1) is 0 Å². The monoisotopic (exact) mass is 311 g/mol. The Kier molecular flexibility index (Phi) is 3.65. The van der Waals surface area contributed by atoms with Gasteiger partial charge in [0.1, 0.15) is 5.82 Å². The molecule has 0 bridgehead atoms. The second-order valence-electron chi connectivity index (χ2n) is 4.56. The molecule has 0 spiro atoms. The number of halogens is 3. The Morgan fingerprint density at radius 1 is 1.18 bits per heavy atom. The largest absolute Gasteiger partial charge is 0.453 e. The third kappa shape index (κ3) is 3.00. The van der Waals surface area contributed by atoms with E-state index in [1.165, 1.54) is 6.07 Å². The topological polar surface area (TPSA) is 72.9 Å². The molecular weight excluding hydrogens is 299 g/mol. The number of nitrogens with one attached hydrogen (secondary N) is 1. The summed E-state index contributed by atoms with van der Waals surface area (Å²) >= 11 is 0. The van der Waals surface area contributed by atoms with Gasteiger partial charge in [-0.05, 0) is 24.6 Å². The minimum Gasteiger partial charge on any atom is -0.369 e. The Morgan fingerprint density at radius 3 is 2.77 bits per heavy atom. The summed E-state index contributed by atoms with van der Waals surface area (Å²) in [6.45, 7) is 1.27. The molecule has 7 nitrogen and oxygen atoms in total. The van der Waals surface area contributed by atoms with E-state index in [9.17, 15) is 13.2 Å². The van der Waals surface area contributed by atoms with Gasteiger partial charge in [-0.25, -0.2) is 0 Å². The molecule has 0 aromatic carbocycles. The molecule has 0 fully saturated rings. The van der Waals surface area contributed by atoms with Gasteiger partial charge in [-0.2, -0.15) is 22.8 Å². The van der Waals surface area contributed by atoms with Crippen LogP contribution in [0.3, 0.4) is 0 Å². The molecule has 3 heterocycles. The van der Waals surface area contributed by atoms with E-state index in [4.69, 9.17) is 0 Å². The Bertz CT molecular complexity index is 748. The van der Waals surface area contributed by atoms with Crippen LogP contribution in [0.1, 0.15) is 12.2 Å². The average molecular weight is 311 g/mol. The SMILES string of the molecule is FC(F)(F)c1nnc2ccc(NCCCn3cccn3)nn12. The zero-order valence-corrected chi connectivity index (χ0v) is 11.3. The van der Waals surface area contributed by atoms with E-state index >= 15 is 0 Å². The fourth-order valence-corrected chi connectivity index (χ4v) is 1.95. The van der Waals surface area contributed by atoms with Crippen molar-refractivity contribution < 1.29 is 13.2 Å². The summed E-state index contributed by atoms with van der Waals surface area (Å²) in [5, 5.41) is 17.5. The quantitative estimate of drug-likeness (QED) is 0.728.